The summed E-state index contributed by atoms with van der Waals surface area (Å²) in [6, 6.07) is 12.2. The lowest BCUT2D eigenvalue weighted by Crippen LogP contribution is -2.34. The maximum Gasteiger partial charge on any atom is 0.123 e. The van der Waals surface area contributed by atoms with Crippen molar-refractivity contribution in [2.75, 3.05) is 6.61 Å². The van der Waals surface area contributed by atoms with Crippen molar-refractivity contribution in [3.05, 3.63) is 59.5 Å². The second-order valence-electron chi connectivity index (χ2n) is 4.95. The average molecular weight is 259 g/mol. The van der Waals surface area contributed by atoms with Gasteiger partial charge in [-0.3, -0.25) is 0 Å². The summed E-state index contributed by atoms with van der Waals surface area (Å²) < 4.78 is 5.34. The Kier molecular flexibility index (Phi) is 4.77. The van der Waals surface area contributed by atoms with Gasteiger partial charge < -0.3 is 14.8 Å². The van der Waals surface area contributed by atoms with E-state index in [1.54, 1.807) is 6.26 Å². The zero-order valence-corrected chi connectivity index (χ0v) is 11.5. The van der Waals surface area contributed by atoms with Crippen LogP contribution in [-0.2, 0) is 6.42 Å². The minimum absolute atomic E-state index is 0.0334. The predicted molar refractivity (Wildman–Crippen MR) is 76.0 cm³/mol. The normalized spacial score (nSPS) is 14.3. The number of aryl methyl sites for hydroxylation is 1. The Hall–Kier alpha value is -1.58. The van der Waals surface area contributed by atoms with Crippen LogP contribution >= 0.6 is 0 Å². The molecule has 1 heterocycles. The maximum absolute atomic E-state index is 9.44. The summed E-state index contributed by atoms with van der Waals surface area (Å²) in [6.45, 7) is 4.28. The van der Waals surface area contributed by atoms with Gasteiger partial charge in [0.15, 0.2) is 0 Å². The Morgan fingerprint density at radius 3 is 2.63 bits per heavy atom. The Balaban J connectivity index is 1.97. The van der Waals surface area contributed by atoms with E-state index in [0.717, 1.165) is 12.2 Å². The molecule has 2 aromatic rings. The molecule has 0 aliphatic heterocycles. The smallest absolute Gasteiger partial charge is 0.123 e. The molecule has 2 rings (SSSR count). The zero-order chi connectivity index (χ0) is 13.7. The lowest BCUT2D eigenvalue weighted by atomic mass is 10.0. The van der Waals surface area contributed by atoms with Crippen molar-refractivity contribution in [1.82, 2.24) is 5.32 Å². The van der Waals surface area contributed by atoms with Gasteiger partial charge in [0, 0.05) is 6.04 Å². The highest BCUT2D eigenvalue weighted by atomic mass is 16.3. The fourth-order valence-corrected chi connectivity index (χ4v) is 2.29. The van der Waals surface area contributed by atoms with Gasteiger partial charge >= 0.3 is 0 Å². The molecule has 102 valence electrons. The molecule has 0 fully saturated rings. The minimum Gasteiger partial charge on any atom is -0.468 e. The van der Waals surface area contributed by atoms with Crippen LogP contribution in [-0.4, -0.2) is 17.8 Å². The summed E-state index contributed by atoms with van der Waals surface area (Å²) in [6.07, 6.45) is 2.57. The molecule has 1 aromatic carbocycles. The molecule has 2 unspecified atom stereocenters. The van der Waals surface area contributed by atoms with Crippen molar-refractivity contribution in [2.45, 2.75) is 32.4 Å². The minimum atomic E-state index is -0.144. The monoisotopic (exact) mass is 259 g/mol. The summed E-state index contributed by atoms with van der Waals surface area (Å²) in [4.78, 5) is 0. The van der Waals surface area contributed by atoms with Gasteiger partial charge in [-0.15, -0.1) is 0 Å². The Morgan fingerprint density at radius 1 is 1.21 bits per heavy atom. The predicted octanol–water partition coefficient (Wildman–Crippen LogP) is 2.84. The molecule has 0 saturated carbocycles. The van der Waals surface area contributed by atoms with E-state index in [0.29, 0.717) is 0 Å². The first-order valence-electron chi connectivity index (χ1n) is 6.65. The standard InChI is InChI=1S/C16H21NO2/c1-12-6-3-4-7-14(12)10-13(2)17-15(11-18)16-8-5-9-19-16/h3-9,13,15,17-18H,10-11H2,1-2H3. The van der Waals surface area contributed by atoms with E-state index in [4.69, 9.17) is 4.42 Å². The number of aliphatic hydroxyl groups excluding tert-OH is 1. The van der Waals surface area contributed by atoms with Crippen LogP contribution in [0, 0.1) is 6.92 Å². The fraction of sp³-hybridized carbons (Fsp3) is 0.375. The van der Waals surface area contributed by atoms with Crippen LogP contribution < -0.4 is 5.32 Å². The third-order valence-electron chi connectivity index (χ3n) is 3.34. The second kappa shape index (κ2) is 6.55. The van der Waals surface area contributed by atoms with Crippen molar-refractivity contribution < 1.29 is 9.52 Å². The van der Waals surface area contributed by atoms with E-state index in [1.165, 1.54) is 11.1 Å². The molecule has 0 spiro atoms. The molecule has 0 saturated heterocycles. The van der Waals surface area contributed by atoms with E-state index in [2.05, 4.69) is 43.4 Å². The number of benzene rings is 1. The Labute approximate surface area is 114 Å². The van der Waals surface area contributed by atoms with Crippen LogP contribution in [0.4, 0.5) is 0 Å². The summed E-state index contributed by atoms with van der Waals surface area (Å²) >= 11 is 0. The van der Waals surface area contributed by atoms with Gasteiger partial charge in [0.25, 0.3) is 0 Å². The van der Waals surface area contributed by atoms with E-state index in [9.17, 15) is 5.11 Å². The average Bonchev–Trinajstić information content (AvgIpc) is 2.92. The summed E-state index contributed by atoms with van der Waals surface area (Å²) in [5, 5.41) is 12.8. The van der Waals surface area contributed by atoms with Gasteiger partial charge in [0.05, 0.1) is 18.9 Å². The molecule has 2 N–H and O–H groups in total. The highest BCUT2D eigenvalue weighted by molar-refractivity contribution is 5.26. The van der Waals surface area contributed by atoms with E-state index in [-0.39, 0.29) is 18.7 Å². The van der Waals surface area contributed by atoms with Crippen molar-refractivity contribution in [3.63, 3.8) is 0 Å². The molecular weight excluding hydrogens is 238 g/mol. The molecule has 0 bridgehead atoms. The van der Waals surface area contributed by atoms with Crippen LogP contribution in [0.15, 0.2) is 47.1 Å². The lowest BCUT2D eigenvalue weighted by molar-refractivity contribution is 0.216. The summed E-state index contributed by atoms with van der Waals surface area (Å²) in [5.74, 6) is 0.777. The van der Waals surface area contributed by atoms with E-state index in [1.807, 2.05) is 12.1 Å². The van der Waals surface area contributed by atoms with Crippen LogP contribution in [0.25, 0.3) is 0 Å². The molecular formula is C16H21NO2. The van der Waals surface area contributed by atoms with Gasteiger partial charge in [-0.25, -0.2) is 0 Å². The van der Waals surface area contributed by atoms with Crippen molar-refractivity contribution >= 4 is 0 Å². The molecule has 0 aliphatic rings. The van der Waals surface area contributed by atoms with Gasteiger partial charge in [-0.1, -0.05) is 24.3 Å². The van der Waals surface area contributed by atoms with Crippen LogP contribution in [0.5, 0.6) is 0 Å². The SMILES string of the molecule is Cc1ccccc1CC(C)NC(CO)c1ccco1. The Bertz CT molecular complexity index is 493. The van der Waals surface area contributed by atoms with Gasteiger partial charge in [0.1, 0.15) is 5.76 Å². The number of aliphatic hydroxyl groups is 1. The molecule has 0 amide bonds. The van der Waals surface area contributed by atoms with E-state index >= 15 is 0 Å². The highest BCUT2D eigenvalue weighted by Crippen LogP contribution is 2.15. The zero-order valence-electron chi connectivity index (χ0n) is 11.5. The quantitative estimate of drug-likeness (QED) is 0.838. The molecule has 0 radical (unpaired) electrons. The number of rotatable bonds is 6. The first-order chi connectivity index (χ1) is 9.20. The second-order valence-corrected chi connectivity index (χ2v) is 4.95. The topological polar surface area (TPSA) is 45.4 Å². The number of hydrogen-bond acceptors (Lipinski definition) is 3. The molecule has 2 atom stereocenters. The highest BCUT2D eigenvalue weighted by Gasteiger charge is 2.16. The molecule has 1 aromatic heterocycles. The molecule has 3 heteroatoms. The number of furan rings is 1. The van der Waals surface area contributed by atoms with Crippen molar-refractivity contribution in [3.8, 4) is 0 Å². The van der Waals surface area contributed by atoms with Gasteiger partial charge in [0.2, 0.25) is 0 Å². The van der Waals surface area contributed by atoms with Crippen molar-refractivity contribution in [2.24, 2.45) is 0 Å². The molecule has 3 nitrogen and oxygen atoms in total. The van der Waals surface area contributed by atoms with Crippen LogP contribution in [0.1, 0.15) is 29.9 Å². The number of nitrogens with one attached hydrogen (secondary N) is 1. The third kappa shape index (κ3) is 3.69. The summed E-state index contributed by atoms with van der Waals surface area (Å²) in [7, 11) is 0. The largest absolute Gasteiger partial charge is 0.468 e. The third-order valence-corrected chi connectivity index (χ3v) is 3.34. The van der Waals surface area contributed by atoms with Crippen LogP contribution in [0.2, 0.25) is 0 Å². The van der Waals surface area contributed by atoms with Gasteiger partial charge in [-0.05, 0) is 43.5 Å². The molecule has 0 aliphatic carbocycles. The van der Waals surface area contributed by atoms with Crippen molar-refractivity contribution in [1.29, 1.82) is 0 Å². The van der Waals surface area contributed by atoms with Gasteiger partial charge in [-0.2, -0.15) is 0 Å². The summed E-state index contributed by atoms with van der Waals surface area (Å²) in [5.41, 5.74) is 2.63. The molecule has 19 heavy (non-hydrogen) atoms. The fourth-order valence-electron chi connectivity index (χ4n) is 2.29. The van der Waals surface area contributed by atoms with E-state index < -0.39 is 0 Å². The Morgan fingerprint density at radius 2 is 2.00 bits per heavy atom. The first kappa shape index (κ1) is 13.8. The van der Waals surface area contributed by atoms with Crippen LogP contribution in [0.3, 0.4) is 0 Å². The maximum atomic E-state index is 9.44. The first-order valence-corrected chi connectivity index (χ1v) is 6.65. The number of hydrogen-bond donors (Lipinski definition) is 2. The lowest BCUT2D eigenvalue weighted by Gasteiger charge is -2.21.